The van der Waals surface area contributed by atoms with Gasteiger partial charge in [-0.15, -0.1) is 0 Å². The number of rotatable bonds is 2. The van der Waals surface area contributed by atoms with Crippen LogP contribution in [0.25, 0.3) is 0 Å². The van der Waals surface area contributed by atoms with E-state index in [0.29, 0.717) is 24.1 Å². The van der Waals surface area contributed by atoms with E-state index in [4.69, 9.17) is 4.74 Å². The number of hydrogen-bond donors (Lipinski definition) is 2. The zero-order valence-electron chi connectivity index (χ0n) is 14.4. The fraction of sp³-hybridized carbons (Fsp3) is 0.450. The number of halogens is 3. The van der Waals surface area contributed by atoms with Gasteiger partial charge >= 0.3 is 12.1 Å². The van der Waals surface area contributed by atoms with Crippen LogP contribution in [-0.2, 0) is 15.7 Å². The highest BCUT2D eigenvalue weighted by Gasteiger charge is 2.46. The Morgan fingerprint density at radius 3 is 2.70 bits per heavy atom. The van der Waals surface area contributed by atoms with Crippen molar-refractivity contribution in [2.45, 2.75) is 43.7 Å². The molecule has 3 aliphatic rings. The quantitative estimate of drug-likeness (QED) is 0.791. The van der Waals surface area contributed by atoms with Crippen molar-refractivity contribution in [3.05, 3.63) is 53.6 Å². The number of hydrogen-bond acceptors (Lipinski definition) is 3. The number of nitrogens with one attached hydrogen (secondary N) is 1. The molecule has 0 bridgehead atoms. The maximum atomic E-state index is 13.2. The van der Waals surface area contributed by atoms with Crippen LogP contribution in [0.3, 0.4) is 0 Å². The first-order valence-electron chi connectivity index (χ1n) is 9.04. The number of alkyl halides is 3. The third kappa shape index (κ3) is 3.36. The maximum Gasteiger partial charge on any atom is 0.416 e. The standard InChI is InChI=1S/C20H20F3NO3/c21-20(22,23)12-6-8-15-14(10-12)18-13(7-9-16(27-18)19(25)26)17(24-15)11-4-2-1-3-5-11/h1-4,6,8,10-11,13,16-18,24H,5,7,9H2,(H,25,26)/t11?,13-,16?,17-,18-/m0/s1. The predicted molar refractivity (Wildman–Crippen MR) is 93.2 cm³/mol. The molecule has 2 aliphatic heterocycles. The Bertz CT molecular complexity index is 802. The van der Waals surface area contributed by atoms with Crippen molar-refractivity contribution in [1.29, 1.82) is 0 Å². The molecule has 0 amide bonds. The van der Waals surface area contributed by atoms with E-state index in [1.165, 1.54) is 6.07 Å². The van der Waals surface area contributed by atoms with Gasteiger partial charge in [0, 0.05) is 29.1 Å². The van der Waals surface area contributed by atoms with Crippen LogP contribution >= 0.6 is 0 Å². The molecule has 7 heteroatoms. The van der Waals surface area contributed by atoms with Crippen molar-refractivity contribution in [3.63, 3.8) is 0 Å². The molecule has 2 heterocycles. The second-order valence-corrected chi connectivity index (χ2v) is 7.31. The van der Waals surface area contributed by atoms with Gasteiger partial charge in [-0.2, -0.15) is 13.2 Å². The number of ether oxygens (including phenoxy) is 1. The van der Waals surface area contributed by atoms with E-state index in [1.54, 1.807) is 0 Å². The first-order chi connectivity index (χ1) is 12.8. The summed E-state index contributed by atoms with van der Waals surface area (Å²) in [5.74, 6) is -0.974. The lowest BCUT2D eigenvalue weighted by molar-refractivity contribution is -0.166. The predicted octanol–water partition coefficient (Wildman–Crippen LogP) is 4.55. The normalized spacial score (nSPS) is 32.3. The number of carboxylic acid groups (broad SMARTS) is 1. The fourth-order valence-electron chi connectivity index (χ4n) is 4.38. The van der Waals surface area contributed by atoms with Gasteiger partial charge in [-0.3, -0.25) is 0 Å². The summed E-state index contributed by atoms with van der Waals surface area (Å²) in [7, 11) is 0. The summed E-state index contributed by atoms with van der Waals surface area (Å²) in [6.07, 6.45) is 3.75. The highest BCUT2D eigenvalue weighted by molar-refractivity contribution is 5.72. The summed E-state index contributed by atoms with van der Waals surface area (Å²) in [4.78, 5) is 11.4. The number of aliphatic carboxylic acids is 1. The minimum Gasteiger partial charge on any atom is -0.479 e. The number of benzene rings is 1. The Morgan fingerprint density at radius 1 is 1.22 bits per heavy atom. The monoisotopic (exact) mass is 379 g/mol. The Labute approximate surface area is 154 Å². The summed E-state index contributed by atoms with van der Waals surface area (Å²) in [5, 5.41) is 12.7. The maximum absolute atomic E-state index is 13.2. The molecule has 144 valence electrons. The third-order valence-corrected chi connectivity index (χ3v) is 5.68. The second kappa shape index (κ2) is 6.71. The van der Waals surface area contributed by atoms with Crippen molar-refractivity contribution in [3.8, 4) is 0 Å². The van der Waals surface area contributed by atoms with Crippen molar-refractivity contribution in [2.75, 3.05) is 5.32 Å². The smallest absolute Gasteiger partial charge is 0.416 e. The van der Waals surface area contributed by atoms with E-state index < -0.39 is 29.9 Å². The fourth-order valence-corrected chi connectivity index (χ4v) is 4.38. The molecule has 2 unspecified atom stereocenters. The second-order valence-electron chi connectivity index (χ2n) is 7.31. The highest BCUT2D eigenvalue weighted by atomic mass is 19.4. The van der Waals surface area contributed by atoms with E-state index in [2.05, 4.69) is 17.5 Å². The van der Waals surface area contributed by atoms with Crippen LogP contribution in [0.15, 0.2) is 42.5 Å². The molecule has 2 N–H and O–H groups in total. The third-order valence-electron chi connectivity index (χ3n) is 5.68. The molecule has 27 heavy (non-hydrogen) atoms. The molecule has 1 aromatic rings. The van der Waals surface area contributed by atoms with Crippen LogP contribution in [0.2, 0.25) is 0 Å². The first kappa shape index (κ1) is 18.1. The van der Waals surface area contributed by atoms with Crippen LogP contribution < -0.4 is 5.32 Å². The van der Waals surface area contributed by atoms with Gasteiger partial charge in [-0.25, -0.2) is 4.79 Å². The van der Waals surface area contributed by atoms with Gasteiger partial charge in [-0.05, 0) is 37.5 Å². The topological polar surface area (TPSA) is 58.6 Å². The molecule has 4 nitrogen and oxygen atoms in total. The molecule has 1 saturated heterocycles. The zero-order chi connectivity index (χ0) is 19.2. The largest absolute Gasteiger partial charge is 0.479 e. The molecule has 1 aliphatic carbocycles. The first-order valence-corrected chi connectivity index (χ1v) is 9.04. The van der Waals surface area contributed by atoms with E-state index in [0.717, 1.165) is 18.6 Å². The summed E-state index contributed by atoms with van der Waals surface area (Å²) >= 11 is 0. The van der Waals surface area contributed by atoms with Gasteiger partial charge in [0.05, 0.1) is 11.7 Å². The molecule has 1 fully saturated rings. The van der Waals surface area contributed by atoms with Crippen molar-refractivity contribution < 1.29 is 27.8 Å². The molecule has 0 radical (unpaired) electrons. The summed E-state index contributed by atoms with van der Waals surface area (Å²) in [6.45, 7) is 0. The van der Waals surface area contributed by atoms with Crippen molar-refractivity contribution >= 4 is 11.7 Å². The van der Waals surface area contributed by atoms with Gasteiger partial charge < -0.3 is 15.2 Å². The van der Waals surface area contributed by atoms with Gasteiger partial charge in [0.25, 0.3) is 0 Å². The molecular formula is C20H20F3NO3. The lowest BCUT2D eigenvalue weighted by Crippen LogP contribution is -2.48. The molecule has 1 aromatic carbocycles. The minimum absolute atomic E-state index is 0.0184. The van der Waals surface area contributed by atoms with Crippen LogP contribution in [0.4, 0.5) is 18.9 Å². The van der Waals surface area contributed by atoms with E-state index in [-0.39, 0.29) is 17.9 Å². The van der Waals surface area contributed by atoms with Crippen LogP contribution in [0, 0.1) is 11.8 Å². The molecule has 0 saturated carbocycles. The van der Waals surface area contributed by atoms with E-state index in [9.17, 15) is 23.1 Å². The lowest BCUT2D eigenvalue weighted by Gasteiger charge is -2.47. The van der Waals surface area contributed by atoms with Gasteiger partial charge in [0.2, 0.25) is 0 Å². The summed E-state index contributed by atoms with van der Waals surface area (Å²) < 4.78 is 45.4. The Hall–Kier alpha value is -2.28. The lowest BCUT2D eigenvalue weighted by atomic mass is 9.73. The van der Waals surface area contributed by atoms with Gasteiger partial charge in [0.1, 0.15) is 0 Å². The molecule has 4 rings (SSSR count). The Balaban J connectivity index is 1.73. The SMILES string of the molecule is O=C(O)C1CC[C@@H]2[C@H](O1)c1cc(C(F)(F)F)ccc1N[C@H]2C1C=CC=CC1. The molecule has 0 spiro atoms. The number of allylic oxidation sites excluding steroid dienone is 3. The minimum atomic E-state index is -4.46. The van der Waals surface area contributed by atoms with Gasteiger partial charge in [-0.1, -0.05) is 24.3 Å². The Kier molecular flexibility index (Phi) is 4.50. The van der Waals surface area contributed by atoms with E-state index >= 15 is 0 Å². The van der Waals surface area contributed by atoms with Gasteiger partial charge in [0.15, 0.2) is 6.10 Å². The molecule has 5 atom stereocenters. The van der Waals surface area contributed by atoms with Crippen LogP contribution in [-0.4, -0.2) is 23.2 Å². The average Bonchev–Trinajstić information content (AvgIpc) is 2.66. The number of fused-ring (bicyclic) bond motifs is 3. The molecule has 0 aromatic heterocycles. The van der Waals surface area contributed by atoms with Crippen molar-refractivity contribution in [1.82, 2.24) is 0 Å². The van der Waals surface area contributed by atoms with Crippen LogP contribution in [0.5, 0.6) is 0 Å². The summed E-state index contributed by atoms with van der Waals surface area (Å²) in [5.41, 5.74) is 0.234. The van der Waals surface area contributed by atoms with E-state index in [1.807, 2.05) is 12.2 Å². The molecular weight excluding hydrogens is 359 g/mol. The zero-order valence-corrected chi connectivity index (χ0v) is 14.4. The number of carboxylic acids is 1. The average molecular weight is 379 g/mol. The van der Waals surface area contributed by atoms with Crippen LogP contribution in [0.1, 0.15) is 36.5 Å². The number of carbonyl (C=O) groups is 1. The Morgan fingerprint density at radius 2 is 2.04 bits per heavy atom. The van der Waals surface area contributed by atoms with Crippen molar-refractivity contribution in [2.24, 2.45) is 11.8 Å². The number of anilines is 1. The summed E-state index contributed by atoms with van der Waals surface area (Å²) in [6, 6.07) is 3.56. The highest BCUT2D eigenvalue weighted by Crippen LogP contribution is 2.49.